The molecule has 19 heavy (non-hydrogen) atoms. The van der Waals surface area contributed by atoms with Crippen LogP contribution in [0.15, 0.2) is 22.5 Å². The van der Waals surface area contributed by atoms with Crippen LogP contribution in [0.2, 0.25) is 0 Å². The third-order valence-corrected chi connectivity index (χ3v) is 3.58. The Bertz CT molecular complexity index is 446. The molecule has 1 fully saturated rings. The molecule has 0 unspecified atom stereocenters. The van der Waals surface area contributed by atoms with Crippen LogP contribution in [-0.2, 0) is 9.31 Å². The SMILES string of the molecule is CCOc1ccc(/C=C/B2OC(C)(C)C(C)(C)O2)o1. The van der Waals surface area contributed by atoms with Crippen LogP contribution in [0, 0.1) is 0 Å². The Balaban J connectivity index is 2.00. The van der Waals surface area contributed by atoms with Crippen molar-refractivity contribution in [1.29, 1.82) is 0 Å². The van der Waals surface area contributed by atoms with Crippen molar-refractivity contribution < 1.29 is 18.5 Å². The first kappa shape index (κ1) is 14.2. The fourth-order valence-corrected chi connectivity index (χ4v) is 1.78. The number of ether oxygens (including phenoxy) is 1. The van der Waals surface area contributed by atoms with Gasteiger partial charge >= 0.3 is 7.12 Å². The van der Waals surface area contributed by atoms with E-state index >= 15 is 0 Å². The van der Waals surface area contributed by atoms with Gasteiger partial charge in [-0.25, -0.2) is 0 Å². The lowest BCUT2D eigenvalue weighted by atomic mass is 9.90. The van der Waals surface area contributed by atoms with Gasteiger partial charge < -0.3 is 18.5 Å². The molecule has 0 amide bonds. The molecule has 2 rings (SSSR count). The highest BCUT2D eigenvalue weighted by Crippen LogP contribution is 2.37. The van der Waals surface area contributed by atoms with Gasteiger partial charge in [-0.15, -0.1) is 0 Å². The minimum Gasteiger partial charge on any atom is -0.465 e. The van der Waals surface area contributed by atoms with Crippen LogP contribution in [0.5, 0.6) is 5.95 Å². The van der Waals surface area contributed by atoms with Gasteiger partial charge in [-0.2, -0.15) is 0 Å². The van der Waals surface area contributed by atoms with Gasteiger partial charge in [0, 0.05) is 6.07 Å². The van der Waals surface area contributed by atoms with Gasteiger partial charge in [0.1, 0.15) is 5.76 Å². The highest BCUT2D eigenvalue weighted by molar-refractivity contribution is 6.52. The standard InChI is InChI=1S/C14H21BO4/c1-6-16-12-8-7-11(17-12)9-10-15-18-13(2,3)14(4,5)19-15/h7-10H,6H2,1-5H3/b10-9+. The maximum Gasteiger partial charge on any atom is 0.487 e. The van der Waals surface area contributed by atoms with E-state index in [-0.39, 0.29) is 18.3 Å². The smallest absolute Gasteiger partial charge is 0.465 e. The lowest BCUT2D eigenvalue weighted by Crippen LogP contribution is -2.41. The van der Waals surface area contributed by atoms with Crippen molar-refractivity contribution in [2.24, 2.45) is 0 Å². The van der Waals surface area contributed by atoms with Crippen molar-refractivity contribution >= 4 is 13.2 Å². The second kappa shape index (κ2) is 5.06. The van der Waals surface area contributed by atoms with Gasteiger partial charge in [0.25, 0.3) is 5.95 Å². The van der Waals surface area contributed by atoms with Gasteiger partial charge in [0.2, 0.25) is 0 Å². The molecule has 0 aromatic carbocycles. The molecule has 4 nitrogen and oxygen atoms in total. The molecule has 0 N–H and O–H groups in total. The molecule has 0 spiro atoms. The summed E-state index contributed by atoms with van der Waals surface area (Å²) in [7, 11) is -0.356. The Hall–Kier alpha value is -1.20. The molecule has 0 atom stereocenters. The topological polar surface area (TPSA) is 40.8 Å². The first-order valence-corrected chi connectivity index (χ1v) is 6.60. The van der Waals surface area contributed by atoms with Gasteiger partial charge in [-0.05, 0) is 46.8 Å². The zero-order valence-electron chi connectivity index (χ0n) is 12.2. The van der Waals surface area contributed by atoms with E-state index in [0.717, 1.165) is 5.76 Å². The minimum atomic E-state index is -0.356. The maximum absolute atomic E-state index is 5.86. The second-order valence-corrected chi connectivity index (χ2v) is 5.57. The van der Waals surface area contributed by atoms with Crippen LogP contribution >= 0.6 is 0 Å². The molecule has 1 aliphatic rings. The summed E-state index contributed by atoms with van der Waals surface area (Å²) in [5.41, 5.74) is -0.636. The summed E-state index contributed by atoms with van der Waals surface area (Å²) in [6, 6.07) is 3.65. The third kappa shape index (κ3) is 3.04. The maximum atomic E-state index is 5.86. The molecular formula is C14H21BO4. The van der Waals surface area contributed by atoms with Crippen LogP contribution in [-0.4, -0.2) is 24.9 Å². The molecule has 0 radical (unpaired) electrons. The average Bonchev–Trinajstić information content (AvgIpc) is 2.80. The van der Waals surface area contributed by atoms with E-state index in [2.05, 4.69) is 0 Å². The lowest BCUT2D eigenvalue weighted by Gasteiger charge is -2.32. The van der Waals surface area contributed by atoms with Crippen LogP contribution in [0.1, 0.15) is 40.4 Å². The van der Waals surface area contributed by atoms with Crippen LogP contribution in [0.3, 0.4) is 0 Å². The minimum absolute atomic E-state index is 0.318. The zero-order chi connectivity index (χ0) is 14.1. The second-order valence-electron chi connectivity index (χ2n) is 5.57. The summed E-state index contributed by atoms with van der Waals surface area (Å²) in [6.07, 6.45) is 1.84. The van der Waals surface area contributed by atoms with E-state index in [1.54, 1.807) is 6.07 Å². The summed E-state index contributed by atoms with van der Waals surface area (Å²) >= 11 is 0. The molecule has 104 valence electrons. The molecule has 0 saturated carbocycles. The number of rotatable bonds is 4. The van der Waals surface area contributed by atoms with E-state index in [4.69, 9.17) is 18.5 Å². The van der Waals surface area contributed by atoms with Crippen molar-refractivity contribution in [3.05, 3.63) is 23.9 Å². The fourth-order valence-electron chi connectivity index (χ4n) is 1.78. The first-order chi connectivity index (χ1) is 8.84. The van der Waals surface area contributed by atoms with Crippen LogP contribution < -0.4 is 4.74 Å². The van der Waals surface area contributed by atoms with Crippen molar-refractivity contribution in [2.45, 2.75) is 45.8 Å². The van der Waals surface area contributed by atoms with E-state index < -0.39 is 0 Å². The Morgan fingerprint density at radius 1 is 1.16 bits per heavy atom. The third-order valence-electron chi connectivity index (χ3n) is 3.58. The van der Waals surface area contributed by atoms with Crippen molar-refractivity contribution in [3.8, 4) is 5.95 Å². The summed E-state index contributed by atoms with van der Waals surface area (Å²) < 4.78 is 22.4. The van der Waals surface area contributed by atoms with Gasteiger partial charge in [-0.1, -0.05) is 5.98 Å². The van der Waals surface area contributed by atoms with E-state index in [1.807, 2.05) is 52.7 Å². The number of hydrogen-bond acceptors (Lipinski definition) is 4. The number of furan rings is 1. The Kier molecular flexibility index (Phi) is 3.79. The summed E-state index contributed by atoms with van der Waals surface area (Å²) in [6.45, 7) is 10.6. The fraction of sp³-hybridized carbons (Fsp3) is 0.571. The molecule has 1 saturated heterocycles. The molecule has 1 aliphatic heterocycles. The quantitative estimate of drug-likeness (QED) is 0.782. The van der Waals surface area contributed by atoms with Gasteiger partial charge in [0.15, 0.2) is 0 Å². The van der Waals surface area contributed by atoms with E-state index in [0.29, 0.717) is 12.6 Å². The molecule has 0 aliphatic carbocycles. The predicted molar refractivity (Wildman–Crippen MR) is 75.0 cm³/mol. The van der Waals surface area contributed by atoms with E-state index in [1.165, 1.54) is 0 Å². The molecule has 5 heteroatoms. The predicted octanol–water partition coefficient (Wildman–Crippen LogP) is 3.32. The molecule has 1 aromatic heterocycles. The van der Waals surface area contributed by atoms with Gasteiger partial charge in [0.05, 0.1) is 17.8 Å². The Labute approximate surface area is 114 Å². The normalized spacial score (nSPS) is 21.2. The number of hydrogen-bond donors (Lipinski definition) is 0. The molecule has 0 bridgehead atoms. The van der Waals surface area contributed by atoms with Crippen molar-refractivity contribution in [3.63, 3.8) is 0 Å². The summed E-state index contributed by atoms with van der Waals surface area (Å²) in [5, 5.41) is 0. The summed E-state index contributed by atoms with van der Waals surface area (Å²) in [5.74, 6) is 3.10. The van der Waals surface area contributed by atoms with Crippen molar-refractivity contribution in [1.82, 2.24) is 0 Å². The largest absolute Gasteiger partial charge is 0.487 e. The lowest BCUT2D eigenvalue weighted by molar-refractivity contribution is 0.00578. The monoisotopic (exact) mass is 264 g/mol. The highest BCUT2D eigenvalue weighted by Gasteiger charge is 2.50. The molecular weight excluding hydrogens is 243 g/mol. The first-order valence-electron chi connectivity index (χ1n) is 6.60. The summed E-state index contributed by atoms with van der Waals surface area (Å²) in [4.78, 5) is 0. The Morgan fingerprint density at radius 3 is 2.37 bits per heavy atom. The van der Waals surface area contributed by atoms with Crippen LogP contribution in [0.4, 0.5) is 0 Å². The van der Waals surface area contributed by atoms with Crippen LogP contribution in [0.25, 0.3) is 6.08 Å². The zero-order valence-corrected chi connectivity index (χ0v) is 12.2. The van der Waals surface area contributed by atoms with Crippen molar-refractivity contribution in [2.75, 3.05) is 6.61 Å². The Morgan fingerprint density at radius 2 is 1.79 bits per heavy atom. The molecule has 2 heterocycles. The highest BCUT2D eigenvalue weighted by atomic mass is 16.7. The van der Waals surface area contributed by atoms with E-state index in [9.17, 15) is 0 Å². The van der Waals surface area contributed by atoms with Gasteiger partial charge in [-0.3, -0.25) is 0 Å². The molecule has 1 aromatic rings. The average molecular weight is 264 g/mol.